The van der Waals surface area contributed by atoms with Crippen LogP contribution in [0.2, 0.25) is 0 Å². The lowest BCUT2D eigenvalue weighted by atomic mass is 10.3. The summed E-state index contributed by atoms with van der Waals surface area (Å²) in [6.07, 6.45) is 1.86. The average Bonchev–Trinajstić information content (AvgIpc) is 2.99. The van der Waals surface area contributed by atoms with Crippen LogP contribution in [0.15, 0.2) is 24.4 Å². The zero-order chi connectivity index (χ0) is 13.8. The van der Waals surface area contributed by atoms with Gasteiger partial charge in [0.1, 0.15) is 5.69 Å². The van der Waals surface area contributed by atoms with Crippen molar-refractivity contribution in [1.29, 1.82) is 0 Å². The summed E-state index contributed by atoms with van der Waals surface area (Å²) in [4.78, 5) is 6.49. The summed E-state index contributed by atoms with van der Waals surface area (Å²) in [5.74, 6) is 0. The van der Waals surface area contributed by atoms with Crippen LogP contribution in [0.4, 0.5) is 5.13 Å². The number of methoxy groups -OCH3 is 1. The highest BCUT2D eigenvalue weighted by molar-refractivity contribution is 7.18. The molecule has 0 aromatic carbocycles. The topological polar surface area (TPSA) is 60.4 Å². The molecular weight excluding hydrogens is 276 g/mol. The fourth-order valence-electron chi connectivity index (χ4n) is 2.12. The van der Waals surface area contributed by atoms with E-state index in [1.165, 1.54) is 0 Å². The number of morpholine rings is 1. The highest BCUT2D eigenvalue weighted by atomic mass is 32.1. The second-order valence-corrected chi connectivity index (χ2v) is 5.45. The maximum absolute atomic E-state index is 5.64. The van der Waals surface area contributed by atoms with Gasteiger partial charge in [-0.3, -0.25) is 4.98 Å². The highest BCUT2D eigenvalue weighted by Crippen LogP contribution is 2.28. The molecule has 1 aliphatic heterocycles. The van der Waals surface area contributed by atoms with Crippen LogP contribution in [-0.2, 0) is 9.47 Å². The second kappa shape index (κ2) is 6.25. The number of pyridine rings is 1. The van der Waals surface area contributed by atoms with Crippen molar-refractivity contribution >= 4 is 16.5 Å². The van der Waals surface area contributed by atoms with E-state index in [1.54, 1.807) is 24.6 Å². The lowest BCUT2D eigenvalue weighted by molar-refractivity contribution is -0.0100. The molecule has 0 saturated carbocycles. The monoisotopic (exact) mass is 292 g/mol. The summed E-state index contributed by atoms with van der Waals surface area (Å²) in [6.45, 7) is 2.90. The summed E-state index contributed by atoms with van der Waals surface area (Å²) < 4.78 is 10.8. The molecule has 106 valence electrons. The normalized spacial score (nSPS) is 19.2. The molecule has 2 aromatic heterocycles. The number of nitrogens with zero attached hydrogens (tertiary/aromatic N) is 4. The van der Waals surface area contributed by atoms with Crippen molar-refractivity contribution in [2.75, 3.05) is 38.3 Å². The van der Waals surface area contributed by atoms with Crippen molar-refractivity contribution in [3.63, 3.8) is 0 Å². The number of hydrogen-bond acceptors (Lipinski definition) is 7. The van der Waals surface area contributed by atoms with E-state index in [0.29, 0.717) is 13.2 Å². The minimum absolute atomic E-state index is 0.0935. The Labute approximate surface area is 121 Å². The molecule has 3 heterocycles. The van der Waals surface area contributed by atoms with Crippen molar-refractivity contribution in [3.05, 3.63) is 24.4 Å². The van der Waals surface area contributed by atoms with Crippen LogP contribution in [0.5, 0.6) is 0 Å². The van der Waals surface area contributed by atoms with Crippen molar-refractivity contribution < 1.29 is 9.47 Å². The average molecular weight is 292 g/mol. The third-order valence-corrected chi connectivity index (χ3v) is 4.07. The summed E-state index contributed by atoms with van der Waals surface area (Å²) in [5.41, 5.74) is 0.859. The molecule has 6 nitrogen and oxygen atoms in total. The molecule has 1 saturated heterocycles. The lowest BCUT2D eigenvalue weighted by Crippen LogP contribution is -2.44. The summed E-state index contributed by atoms with van der Waals surface area (Å²) in [6, 6.07) is 5.78. The maximum Gasteiger partial charge on any atom is 0.208 e. The first kappa shape index (κ1) is 13.4. The number of hydrogen-bond donors (Lipinski definition) is 0. The molecule has 7 heteroatoms. The molecule has 0 aliphatic carbocycles. The van der Waals surface area contributed by atoms with E-state index in [-0.39, 0.29) is 6.10 Å². The van der Waals surface area contributed by atoms with Crippen molar-refractivity contribution in [1.82, 2.24) is 15.2 Å². The Balaban J connectivity index is 1.73. The predicted octanol–water partition coefficient (Wildman–Crippen LogP) is 1.45. The molecule has 1 fully saturated rings. The quantitative estimate of drug-likeness (QED) is 0.850. The van der Waals surface area contributed by atoms with E-state index in [2.05, 4.69) is 20.1 Å². The maximum atomic E-state index is 5.64. The Bertz CT molecular complexity index is 546. The molecule has 0 bridgehead atoms. The Morgan fingerprint density at radius 1 is 1.45 bits per heavy atom. The fourth-order valence-corrected chi connectivity index (χ4v) is 2.97. The van der Waals surface area contributed by atoms with Crippen LogP contribution >= 0.6 is 11.3 Å². The Morgan fingerprint density at radius 3 is 3.20 bits per heavy atom. The van der Waals surface area contributed by atoms with Crippen LogP contribution < -0.4 is 4.90 Å². The zero-order valence-corrected chi connectivity index (χ0v) is 12.0. The predicted molar refractivity (Wildman–Crippen MR) is 77.0 cm³/mol. The molecule has 0 radical (unpaired) electrons. The first-order chi connectivity index (χ1) is 9.86. The van der Waals surface area contributed by atoms with E-state index in [4.69, 9.17) is 9.47 Å². The number of anilines is 1. The Kier molecular flexibility index (Phi) is 4.19. The molecule has 1 aliphatic rings. The molecule has 1 atom stereocenters. The third-order valence-electron chi connectivity index (χ3n) is 3.06. The van der Waals surface area contributed by atoms with Gasteiger partial charge in [-0.15, -0.1) is 10.2 Å². The molecule has 0 spiro atoms. The van der Waals surface area contributed by atoms with Crippen LogP contribution in [0.3, 0.4) is 0 Å². The second-order valence-electron chi connectivity index (χ2n) is 4.50. The van der Waals surface area contributed by atoms with Gasteiger partial charge in [0.15, 0.2) is 5.01 Å². The van der Waals surface area contributed by atoms with Gasteiger partial charge in [-0.1, -0.05) is 17.4 Å². The minimum Gasteiger partial charge on any atom is -0.382 e. The smallest absolute Gasteiger partial charge is 0.208 e. The number of rotatable bonds is 4. The van der Waals surface area contributed by atoms with Crippen LogP contribution in [0.1, 0.15) is 0 Å². The van der Waals surface area contributed by atoms with Gasteiger partial charge in [-0.05, 0) is 12.1 Å². The molecule has 3 rings (SSSR count). The van der Waals surface area contributed by atoms with Gasteiger partial charge in [0.25, 0.3) is 0 Å². The molecule has 0 amide bonds. The van der Waals surface area contributed by atoms with E-state index in [0.717, 1.165) is 28.9 Å². The van der Waals surface area contributed by atoms with E-state index in [9.17, 15) is 0 Å². The number of aromatic nitrogens is 3. The SMILES string of the molecule is COCC1CN(c2nnc(-c3ccccn3)s2)CCO1. The van der Waals surface area contributed by atoms with E-state index >= 15 is 0 Å². The Hall–Kier alpha value is -1.57. The summed E-state index contributed by atoms with van der Waals surface area (Å²) in [7, 11) is 1.69. The standard InChI is InChI=1S/C13H16N4O2S/c1-18-9-10-8-17(6-7-19-10)13-16-15-12(20-13)11-4-2-3-5-14-11/h2-5,10H,6-9H2,1H3. The number of ether oxygens (including phenoxy) is 2. The van der Waals surface area contributed by atoms with Gasteiger partial charge in [-0.2, -0.15) is 0 Å². The van der Waals surface area contributed by atoms with E-state index < -0.39 is 0 Å². The molecule has 2 aromatic rings. The van der Waals surface area contributed by atoms with Crippen molar-refractivity contribution in [2.24, 2.45) is 0 Å². The molecule has 0 N–H and O–H groups in total. The first-order valence-electron chi connectivity index (χ1n) is 6.47. The lowest BCUT2D eigenvalue weighted by Gasteiger charge is -2.31. The Morgan fingerprint density at radius 2 is 2.40 bits per heavy atom. The summed E-state index contributed by atoms with van der Waals surface area (Å²) in [5, 5.41) is 10.2. The van der Waals surface area contributed by atoms with E-state index in [1.807, 2.05) is 18.2 Å². The summed E-state index contributed by atoms with van der Waals surface area (Å²) >= 11 is 1.56. The van der Waals surface area contributed by atoms with Gasteiger partial charge >= 0.3 is 0 Å². The van der Waals surface area contributed by atoms with Crippen molar-refractivity contribution in [2.45, 2.75) is 6.10 Å². The van der Waals surface area contributed by atoms with Gasteiger partial charge in [0.05, 0.1) is 19.3 Å². The largest absolute Gasteiger partial charge is 0.382 e. The van der Waals surface area contributed by atoms with Gasteiger partial charge < -0.3 is 14.4 Å². The molecule has 20 heavy (non-hydrogen) atoms. The highest BCUT2D eigenvalue weighted by Gasteiger charge is 2.23. The van der Waals surface area contributed by atoms with Crippen LogP contribution in [0, 0.1) is 0 Å². The van der Waals surface area contributed by atoms with Gasteiger partial charge in [-0.25, -0.2) is 0 Å². The van der Waals surface area contributed by atoms with Crippen LogP contribution in [0.25, 0.3) is 10.7 Å². The first-order valence-corrected chi connectivity index (χ1v) is 7.29. The molecule has 1 unspecified atom stereocenters. The van der Waals surface area contributed by atoms with Crippen LogP contribution in [-0.4, -0.2) is 54.7 Å². The van der Waals surface area contributed by atoms with Crippen molar-refractivity contribution in [3.8, 4) is 10.7 Å². The minimum atomic E-state index is 0.0935. The fraction of sp³-hybridized carbons (Fsp3) is 0.462. The third kappa shape index (κ3) is 2.95. The zero-order valence-electron chi connectivity index (χ0n) is 11.2. The van der Waals surface area contributed by atoms with Gasteiger partial charge in [0, 0.05) is 26.4 Å². The van der Waals surface area contributed by atoms with Gasteiger partial charge in [0.2, 0.25) is 5.13 Å². The molecular formula is C13H16N4O2S.